The van der Waals surface area contributed by atoms with E-state index in [1.54, 1.807) is 16.7 Å². The van der Waals surface area contributed by atoms with E-state index < -0.39 is 15.3 Å². The zero-order chi connectivity index (χ0) is 20.0. The smallest absolute Gasteiger partial charge is 0.329 e. The first kappa shape index (κ1) is 18.3. The molecule has 9 nitrogen and oxygen atoms in total. The number of hydrogen-bond donors (Lipinski definition) is 1. The first-order chi connectivity index (χ1) is 14.0. The second-order valence-electron chi connectivity index (χ2n) is 7.64. The highest BCUT2D eigenvalue weighted by Gasteiger charge is 2.44. The lowest BCUT2D eigenvalue weighted by molar-refractivity contribution is 0.168. The van der Waals surface area contributed by atoms with Crippen LogP contribution in [-0.4, -0.2) is 74.6 Å². The molecule has 1 N–H and O–H groups in total. The zero-order valence-electron chi connectivity index (χ0n) is 15.8. The second-order valence-corrected chi connectivity index (χ2v) is 9.85. The summed E-state index contributed by atoms with van der Waals surface area (Å²) in [6.45, 7) is 1.47. The van der Waals surface area contributed by atoms with E-state index in [4.69, 9.17) is 0 Å². The molecule has 2 fully saturated rings. The summed E-state index contributed by atoms with van der Waals surface area (Å²) in [5.74, 6) is 0.320. The Kier molecular flexibility index (Phi) is 4.39. The SMILES string of the molecule is O=C(N1CC(S(=O)(=O)N2CCC(c3c[nH]c4ncccc34)CC2)C1)n1ccnc1. The van der Waals surface area contributed by atoms with Crippen LogP contribution in [0.5, 0.6) is 0 Å². The Labute approximate surface area is 168 Å². The van der Waals surface area contributed by atoms with Crippen LogP contribution in [-0.2, 0) is 10.0 Å². The van der Waals surface area contributed by atoms with E-state index >= 15 is 0 Å². The van der Waals surface area contributed by atoms with E-state index in [1.807, 2.05) is 12.3 Å². The molecule has 1 amide bonds. The Morgan fingerprint density at radius 2 is 1.97 bits per heavy atom. The fourth-order valence-corrected chi connectivity index (χ4v) is 6.14. The van der Waals surface area contributed by atoms with Crippen molar-refractivity contribution in [3.63, 3.8) is 0 Å². The molecule has 5 heterocycles. The highest BCUT2D eigenvalue weighted by atomic mass is 32.2. The molecule has 5 rings (SSSR count). The molecule has 152 valence electrons. The van der Waals surface area contributed by atoms with E-state index in [0.29, 0.717) is 19.0 Å². The quantitative estimate of drug-likeness (QED) is 0.701. The molecule has 2 aliphatic rings. The maximum Gasteiger partial charge on any atom is 0.329 e. The van der Waals surface area contributed by atoms with Gasteiger partial charge >= 0.3 is 6.03 Å². The molecule has 0 aromatic carbocycles. The number of carbonyl (C=O) groups is 1. The van der Waals surface area contributed by atoms with Crippen LogP contribution in [0.3, 0.4) is 0 Å². The van der Waals surface area contributed by atoms with E-state index in [9.17, 15) is 13.2 Å². The molecule has 0 radical (unpaired) electrons. The predicted molar refractivity (Wildman–Crippen MR) is 107 cm³/mol. The van der Waals surface area contributed by atoms with Crippen molar-refractivity contribution in [2.75, 3.05) is 26.2 Å². The van der Waals surface area contributed by atoms with Crippen LogP contribution in [0.25, 0.3) is 11.0 Å². The van der Waals surface area contributed by atoms with Gasteiger partial charge in [-0.25, -0.2) is 27.5 Å². The Balaban J connectivity index is 1.21. The van der Waals surface area contributed by atoms with Gasteiger partial charge in [0, 0.05) is 56.4 Å². The van der Waals surface area contributed by atoms with Crippen molar-refractivity contribution in [2.24, 2.45) is 0 Å². The number of nitrogens with one attached hydrogen (secondary N) is 1. The summed E-state index contributed by atoms with van der Waals surface area (Å²) in [6.07, 6.45) is 9.84. The Hall–Kier alpha value is -2.72. The second kappa shape index (κ2) is 6.96. The number of amides is 1. The fraction of sp³-hybridized carbons (Fsp3) is 0.421. The number of pyridine rings is 1. The minimum Gasteiger partial charge on any atom is -0.346 e. The van der Waals surface area contributed by atoms with Crippen LogP contribution in [0, 0.1) is 0 Å². The maximum atomic E-state index is 13.0. The molecule has 3 aromatic rings. The van der Waals surface area contributed by atoms with Crippen LogP contribution < -0.4 is 0 Å². The Bertz CT molecular complexity index is 1130. The van der Waals surface area contributed by atoms with Gasteiger partial charge in [0.15, 0.2) is 0 Å². The zero-order valence-corrected chi connectivity index (χ0v) is 16.6. The number of fused-ring (bicyclic) bond motifs is 1. The van der Waals surface area contributed by atoms with Crippen molar-refractivity contribution in [3.8, 4) is 0 Å². The van der Waals surface area contributed by atoms with Gasteiger partial charge in [0.1, 0.15) is 17.2 Å². The number of H-pyrrole nitrogens is 1. The monoisotopic (exact) mass is 414 g/mol. The van der Waals surface area contributed by atoms with Gasteiger partial charge in [-0.3, -0.25) is 4.57 Å². The van der Waals surface area contributed by atoms with Crippen LogP contribution >= 0.6 is 0 Å². The molecular formula is C19H22N6O3S. The molecule has 0 unspecified atom stereocenters. The van der Waals surface area contributed by atoms with Gasteiger partial charge in [0.2, 0.25) is 10.0 Å². The number of carbonyl (C=O) groups excluding carboxylic acids is 1. The van der Waals surface area contributed by atoms with E-state index in [0.717, 1.165) is 23.9 Å². The van der Waals surface area contributed by atoms with Crippen molar-refractivity contribution in [1.29, 1.82) is 0 Å². The number of piperidine rings is 1. The van der Waals surface area contributed by atoms with Gasteiger partial charge in [0.05, 0.1) is 0 Å². The average molecular weight is 414 g/mol. The van der Waals surface area contributed by atoms with Gasteiger partial charge in [0.25, 0.3) is 0 Å². The molecular weight excluding hydrogens is 392 g/mol. The van der Waals surface area contributed by atoms with Gasteiger partial charge in [-0.05, 0) is 36.5 Å². The van der Waals surface area contributed by atoms with Crippen LogP contribution in [0.15, 0.2) is 43.2 Å². The lowest BCUT2D eigenvalue weighted by Gasteiger charge is -2.42. The minimum absolute atomic E-state index is 0.230. The first-order valence-electron chi connectivity index (χ1n) is 9.72. The molecule has 0 spiro atoms. The summed E-state index contributed by atoms with van der Waals surface area (Å²) in [7, 11) is -3.40. The normalized spacial score (nSPS) is 19.5. The number of sulfonamides is 1. The molecule has 0 atom stereocenters. The number of aromatic amines is 1. The van der Waals surface area contributed by atoms with Crippen molar-refractivity contribution < 1.29 is 13.2 Å². The Morgan fingerprint density at radius 1 is 1.17 bits per heavy atom. The van der Waals surface area contributed by atoms with Gasteiger partial charge in [-0.15, -0.1) is 0 Å². The molecule has 10 heteroatoms. The molecule has 29 heavy (non-hydrogen) atoms. The van der Waals surface area contributed by atoms with Crippen LogP contribution in [0.4, 0.5) is 4.79 Å². The van der Waals surface area contributed by atoms with Gasteiger partial charge in [-0.1, -0.05) is 0 Å². The van der Waals surface area contributed by atoms with E-state index in [-0.39, 0.29) is 19.1 Å². The third-order valence-corrected chi connectivity index (χ3v) is 8.23. The number of nitrogens with zero attached hydrogens (tertiary/aromatic N) is 5. The topological polar surface area (TPSA) is 104 Å². The average Bonchev–Trinajstić information content (AvgIpc) is 3.37. The molecule has 3 aromatic heterocycles. The van der Waals surface area contributed by atoms with E-state index in [2.05, 4.69) is 21.0 Å². The number of imidazole rings is 1. The number of aromatic nitrogens is 4. The molecule has 0 aliphatic carbocycles. The van der Waals surface area contributed by atoms with Crippen molar-refractivity contribution in [3.05, 3.63) is 48.8 Å². The van der Waals surface area contributed by atoms with Gasteiger partial charge < -0.3 is 9.88 Å². The summed E-state index contributed by atoms with van der Waals surface area (Å²) in [5.41, 5.74) is 2.08. The summed E-state index contributed by atoms with van der Waals surface area (Å²) in [4.78, 5) is 25.2. The van der Waals surface area contributed by atoms with Gasteiger partial charge in [-0.2, -0.15) is 0 Å². The minimum atomic E-state index is -3.40. The summed E-state index contributed by atoms with van der Waals surface area (Å²) in [6, 6.07) is 3.74. The lowest BCUT2D eigenvalue weighted by atomic mass is 9.90. The molecule has 0 bridgehead atoms. The third-order valence-electron chi connectivity index (χ3n) is 6.00. The summed E-state index contributed by atoms with van der Waals surface area (Å²) >= 11 is 0. The predicted octanol–water partition coefficient (Wildman–Crippen LogP) is 1.62. The molecule has 0 saturated carbocycles. The number of hydrogen-bond acceptors (Lipinski definition) is 5. The van der Waals surface area contributed by atoms with Crippen molar-refractivity contribution in [1.82, 2.24) is 28.7 Å². The molecule has 2 aliphatic heterocycles. The largest absolute Gasteiger partial charge is 0.346 e. The standard InChI is InChI=1S/C19H22N6O3S/c26-19(23-9-6-20-13-23)24-11-15(12-24)29(27,28)25-7-3-14(4-8-25)17-10-22-18-16(17)2-1-5-21-18/h1-2,5-6,9-10,13-15H,3-4,7-8,11-12H2,(H,21,22). The fourth-order valence-electron chi connectivity index (χ4n) is 4.27. The van der Waals surface area contributed by atoms with Crippen molar-refractivity contribution in [2.45, 2.75) is 24.0 Å². The molecule has 2 saturated heterocycles. The number of rotatable bonds is 3. The first-order valence-corrected chi connectivity index (χ1v) is 11.2. The number of likely N-dealkylation sites (tertiary alicyclic amines) is 1. The summed E-state index contributed by atoms with van der Waals surface area (Å²) < 4.78 is 28.9. The lowest BCUT2D eigenvalue weighted by Crippen LogP contribution is -2.61. The highest BCUT2D eigenvalue weighted by Crippen LogP contribution is 2.34. The van der Waals surface area contributed by atoms with Crippen molar-refractivity contribution >= 4 is 27.1 Å². The van der Waals surface area contributed by atoms with Crippen LogP contribution in [0.2, 0.25) is 0 Å². The Morgan fingerprint density at radius 3 is 2.69 bits per heavy atom. The third kappa shape index (κ3) is 3.12. The summed E-state index contributed by atoms with van der Waals surface area (Å²) in [5, 5.41) is 0.588. The van der Waals surface area contributed by atoms with E-state index in [1.165, 1.54) is 27.6 Å². The maximum absolute atomic E-state index is 13.0. The highest BCUT2D eigenvalue weighted by molar-refractivity contribution is 7.89. The van der Waals surface area contributed by atoms with Crippen LogP contribution in [0.1, 0.15) is 24.3 Å².